The molecule has 13 heavy (non-hydrogen) atoms. The van der Waals surface area contributed by atoms with Gasteiger partial charge in [0.25, 0.3) is 0 Å². The second-order valence-electron chi connectivity index (χ2n) is 3.11. The zero-order chi connectivity index (χ0) is 9.84. The van der Waals surface area contributed by atoms with Gasteiger partial charge in [-0.1, -0.05) is 13.8 Å². The molecule has 0 spiro atoms. The summed E-state index contributed by atoms with van der Waals surface area (Å²) >= 11 is 0. The van der Waals surface area contributed by atoms with E-state index < -0.39 is 0 Å². The topological polar surface area (TPSA) is 31.4 Å². The van der Waals surface area contributed by atoms with Crippen LogP contribution in [0.4, 0.5) is 0 Å². The van der Waals surface area contributed by atoms with Crippen LogP contribution in [-0.2, 0) is 0 Å². The third kappa shape index (κ3) is 1.91. The van der Waals surface area contributed by atoms with Crippen LogP contribution in [0.1, 0.15) is 25.3 Å². The molecule has 0 aromatic carbocycles. The van der Waals surface area contributed by atoms with Gasteiger partial charge in [0.1, 0.15) is 11.5 Å². The number of pyridine rings is 1. The van der Waals surface area contributed by atoms with Crippen molar-refractivity contribution in [2.75, 3.05) is 14.2 Å². The largest absolute Gasteiger partial charge is 0.495 e. The van der Waals surface area contributed by atoms with Crippen LogP contribution in [0.3, 0.4) is 0 Å². The van der Waals surface area contributed by atoms with Crippen molar-refractivity contribution >= 4 is 0 Å². The summed E-state index contributed by atoms with van der Waals surface area (Å²) in [6.07, 6.45) is 3.41. The standard InChI is InChI=1S/C10H15NO2/c1-7(2)10-8(12-3)5-11-6-9(10)13-4/h5-7H,1-4H3. The van der Waals surface area contributed by atoms with Crippen molar-refractivity contribution in [2.24, 2.45) is 0 Å². The van der Waals surface area contributed by atoms with E-state index in [4.69, 9.17) is 9.47 Å². The Bertz CT molecular complexity index is 262. The Hall–Kier alpha value is -1.25. The molecule has 3 heteroatoms. The Labute approximate surface area is 78.7 Å². The maximum Gasteiger partial charge on any atom is 0.144 e. The molecule has 1 aromatic heterocycles. The number of hydrogen-bond acceptors (Lipinski definition) is 3. The summed E-state index contributed by atoms with van der Waals surface area (Å²) < 4.78 is 10.4. The molecule has 3 nitrogen and oxygen atoms in total. The SMILES string of the molecule is COc1cncc(OC)c1C(C)C. The zero-order valence-corrected chi connectivity index (χ0v) is 8.50. The maximum atomic E-state index is 5.21. The first-order valence-electron chi connectivity index (χ1n) is 4.26. The average Bonchev–Trinajstić information content (AvgIpc) is 2.16. The van der Waals surface area contributed by atoms with Crippen LogP contribution >= 0.6 is 0 Å². The lowest BCUT2D eigenvalue weighted by molar-refractivity contribution is 0.378. The average molecular weight is 181 g/mol. The van der Waals surface area contributed by atoms with Crippen LogP contribution in [0.5, 0.6) is 11.5 Å². The number of ether oxygens (including phenoxy) is 2. The second-order valence-corrected chi connectivity index (χ2v) is 3.11. The molecule has 0 aliphatic heterocycles. The van der Waals surface area contributed by atoms with Gasteiger partial charge in [0, 0.05) is 5.56 Å². The van der Waals surface area contributed by atoms with E-state index >= 15 is 0 Å². The number of hydrogen-bond donors (Lipinski definition) is 0. The highest BCUT2D eigenvalue weighted by Gasteiger charge is 2.13. The molecule has 0 atom stereocenters. The van der Waals surface area contributed by atoms with Crippen LogP contribution in [0, 0.1) is 0 Å². The third-order valence-corrected chi connectivity index (χ3v) is 1.93. The summed E-state index contributed by atoms with van der Waals surface area (Å²) in [5.74, 6) is 1.94. The van der Waals surface area contributed by atoms with E-state index in [0.29, 0.717) is 5.92 Å². The highest BCUT2D eigenvalue weighted by atomic mass is 16.5. The van der Waals surface area contributed by atoms with Gasteiger partial charge in [0.15, 0.2) is 0 Å². The lowest BCUT2D eigenvalue weighted by Crippen LogP contribution is -1.99. The molecular weight excluding hydrogens is 166 g/mol. The molecule has 0 bridgehead atoms. The summed E-state index contributed by atoms with van der Waals surface area (Å²) in [5.41, 5.74) is 1.07. The van der Waals surface area contributed by atoms with Crippen LogP contribution in [0.15, 0.2) is 12.4 Å². The Morgan fingerprint density at radius 3 is 1.85 bits per heavy atom. The Kier molecular flexibility index (Phi) is 3.12. The van der Waals surface area contributed by atoms with E-state index in [2.05, 4.69) is 18.8 Å². The minimum absolute atomic E-state index is 0.368. The molecule has 1 rings (SSSR count). The summed E-state index contributed by atoms with van der Waals surface area (Å²) in [4.78, 5) is 4.02. The van der Waals surface area contributed by atoms with E-state index in [0.717, 1.165) is 17.1 Å². The molecule has 0 saturated carbocycles. The van der Waals surface area contributed by atoms with Gasteiger partial charge < -0.3 is 9.47 Å². The molecule has 0 aliphatic rings. The lowest BCUT2D eigenvalue weighted by Gasteiger charge is -2.14. The predicted octanol–water partition coefficient (Wildman–Crippen LogP) is 2.22. The fourth-order valence-corrected chi connectivity index (χ4v) is 1.33. The number of aromatic nitrogens is 1. The van der Waals surface area contributed by atoms with E-state index in [-0.39, 0.29) is 0 Å². The van der Waals surface area contributed by atoms with Crippen molar-refractivity contribution in [2.45, 2.75) is 19.8 Å². The van der Waals surface area contributed by atoms with Gasteiger partial charge in [0.05, 0.1) is 26.6 Å². The minimum Gasteiger partial charge on any atom is -0.495 e. The highest BCUT2D eigenvalue weighted by Crippen LogP contribution is 2.33. The summed E-state index contributed by atoms with van der Waals surface area (Å²) in [6.45, 7) is 4.20. The first-order chi connectivity index (χ1) is 6.20. The van der Waals surface area contributed by atoms with E-state index in [1.54, 1.807) is 26.6 Å². The van der Waals surface area contributed by atoms with Crippen molar-refractivity contribution < 1.29 is 9.47 Å². The maximum absolute atomic E-state index is 5.21. The number of methoxy groups -OCH3 is 2. The van der Waals surface area contributed by atoms with Gasteiger partial charge >= 0.3 is 0 Å². The Morgan fingerprint density at radius 1 is 1.08 bits per heavy atom. The Balaban J connectivity index is 3.21. The molecule has 0 N–H and O–H groups in total. The van der Waals surface area contributed by atoms with Crippen LogP contribution in [0.25, 0.3) is 0 Å². The molecule has 0 radical (unpaired) electrons. The van der Waals surface area contributed by atoms with Gasteiger partial charge in [-0.3, -0.25) is 4.98 Å². The van der Waals surface area contributed by atoms with Gasteiger partial charge in [-0.2, -0.15) is 0 Å². The van der Waals surface area contributed by atoms with Gasteiger partial charge in [-0.05, 0) is 5.92 Å². The fourth-order valence-electron chi connectivity index (χ4n) is 1.33. The molecule has 0 fully saturated rings. The van der Waals surface area contributed by atoms with Crippen molar-refractivity contribution in [3.63, 3.8) is 0 Å². The van der Waals surface area contributed by atoms with Gasteiger partial charge in [0.2, 0.25) is 0 Å². The van der Waals surface area contributed by atoms with Gasteiger partial charge in [-0.15, -0.1) is 0 Å². The quantitative estimate of drug-likeness (QED) is 0.716. The molecule has 0 aliphatic carbocycles. The molecule has 1 heterocycles. The monoisotopic (exact) mass is 181 g/mol. The summed E-state index contributed by atoms with van der Waals surface area (Å²) in [6, 6.07) is 0. The minimum atomic E-state index is 0.368. The fraction of sp³-hybridized carbons (Fsp3) is 0.500. The van der Waals surface area contributed by atoms with E-state index in [1.807, 2.05) is 0 Å². The molecule has 1 aromatic rings. The van der Waals surface area contributed by atoms with E-state index in [1.165, 1.54) is 0 Å². The first-order valence-corrected chi connectivity index (χ1v) is 4.26. The smallest absolute Gasteiger partial charge is 0.144 e. The summed E-state index contributed by atoms with van der Waals surface area (Å²) in [7, 11) is 3.28. The predicted molar refractivity (Wildman–Crippen MR) is 51.4 cm³/mol. The van der Waals surface area contributed by atoms with Gasteiger partial charge in [-0.25, -0.2) is 0 Å². The first kappa shape index (κ1) is 9.84. The Morgan fingerprint density at radius 2 is 1.54 bits per heavy atom. The molecular formula is C10H15NO2. The van der Waals surface area contributed by atoms with Crippen molar-refractivity contribution in [1.29, 1.82) is 0 Å². The third-order valence-electron chi connectivity index (χ3n) is 1.93. The normalized spacial score (nSPS) is 10.2. The van der Waals surface area contributed by atoms with Crippen LogP contribution < -0.4 is 9.47 Å². The summed E-state index contributed by atoms with van der Waals surface area (Å²) in [5, 5.41) is 0. The van der Waals surface area contributed by atoms with Crippen molar-refractivity contribution in [1.82, 2.24) is 4.98 Å². The lowest BCUT2D eigenvalue weighted by atomic mass is 10.0. The molecule has 0 amide bonds. The second kappa shape index (κ2) is 4.12. The van der Waals surface area contributed by atoms with E-state index in [9.17, 15) is 0 Å². The molecule has 0 unspecified atom stereocenters. The van der Waals surface area contributed by atoms with Crippen molar-refractivity contribution in [3.8, 4) is 11.5 Å². The molecule has 0 saturated heterocycles. The van der Waals surface area contributed by atoms with Crippen molar-refractivity contribution in [3.05, 3.63) is 18.0 Å². The zero-order valence-electron chi connectivity index (χ0n) is 8.50. The van der Waals surface area contributed by atoms with Crippen LogP contribution in [-0.4, -0.2) is 19.2 Å². The molecule has 72 valence electrons. The highest BCUT2D eigenvalue weighted by molar-refractivity contribution is 5.43. The van der Waals surface area contributed by atoms with Crippen LogP contribution in [0.2, 0.25) is 0 Å². The number of rotatable bonds is 3. The number of nitrogens with zero attached hydrogens (tertiary/aromatic N) is 1.